The Morgan fingerprint density at radius 2 is 2.12 bits per heavy atom. The number of amides is 1. The standard InChI is InChI=1S/C18H20ClN3O3/c1-2-25-18(24)13-4-3-9-22(11-13)17(23)15-10-20-21-16(15)12-5-7-14(19)8-6-12/h5-8,10,13H,2-4,9,11H2,1H3,(H,20,21). The van der Waals surface area contributed by atoms with Crippen LogP contribution in [-0.2, 0) is 9.53 Å². The fourth-order valence-corrected chi connectivity index (χ4v) is 3.20. The van der Waals surface area contributed by atoms with E-state index in [9.17, 15) is 9.59 Å². The molecular formula is C18H20ClN3O3. The zero-order valence-electron chi connectivity index (χ0n) is 14.0. The molecular weight excluding hydrogens is 342 g/mol. The first kappa shape index (κ1) is 17.5. The molecule has 1 amide bonds. The van der Waals surface area contributed by atoms with Crippen LogP contribution in [0.2, 0.25) is 5.02 Å². The summed E-state index contributed by atoms with van der Waals surface area (Å²) < 4.78 is 5.10. The van der Waals surface area contributed by atoms with Crippen molar-refractivity contribution in [3.8, 4) is 11.3 Å². The SMILES string of the molecule is CCOC(=O)C1CCCN(C(=O)c2cn[nH]c2-c2ccc(Cl)cc2)C1. The molecule has 1 aliphatic rings. The monoisotopic (exact) mass is 361 g/mol. The van der Waals surface area contributed by atoms with Crippen molar-refractivity contribution in [3.63, 3.8) is 0 Å². The van der Waals surface area contributed by atoms with Gasteiger partial charge in [0, 0.05) is 23.7 Å². The smallest absolute Gasteiger partial charge is 0.310 e. The average molecular weight is 362 g/mol. The molecule has 0 spiro atoms. The van der Waals surface area contributed by atoms with Crippen LogP contribution in [0.15, 0.2) is 30.5 Å². The van der Waals surface area contributed by atoms with E-state index in [0.29, 0.717) is 36.0 Å². The number of hydrogen-bond donors (Lipinski definition) is 1. The van der Waals surface area contributed by atoms with E-state index < -0.39 is 0 Å². The number of nitrogens with zero attached hydrogens (tertiary/aromatic N) is 2. The van der Waals surface area contributed by atoms with Gasteiger partial charge >= 0.3 is 5.97 Å². The minimum Gasteiger partial charge on any atom is -0.466 e. The third-order valence-electron chi connectivity index (χ3n) is 4.33. The van der Waals surface area contributed by atoms with Crippen molar-refractivity contribution in [2.24, 2.45) is 5.92 Å². The second-order valence-electron chi connectivity index (χ2n) is 6.01. The number of piperidine rings is 1. The van der Waals surface area contributed by atoms with E-state index in [1.165, 1.54) is 6.20 Å². The minimum absolute atomic E-state index is 0.132. The number of esters is 1. The Morgan fingerprint density at radius 3 is 2.84 bits per heavy atom. The van der Waals surface area contributed by atoms with Crippen LogP contribution >= 0.6 is 11.6 Å². The van der Waals surface area contributed by atoms with Gasteiger partial charge in [0.05, 0.1) is 30.0 Å². The van der Waals surface area contributed by atoms with Gasteiger partial charge in [0.2, 0.25) is 0 Å². The average Bonchev–Trinajstić information content (AvgIpc) is 3.11. The Balaban J connectivity index is 1.78. The van der Waals surface area contributed by atoms with Gasteiger partial charge in [0.25, 0.3) is 5.91 Å². The zero-order chi connectivity index (χ0) is 17.8. The quantitative estimate of drug-likeness (QED) is 0.849. The van der Waals surface area contributed by atoms with Crippen molar-refractivity contribution >= 4 is 23.5 Å². The lowest BCUT2D eigenvalue weighted by molar-refractivity contribution is -0.149. The predicted octanol–water partition coefficient (Wildman–Crippen LogP) is 3.15. The Morgan fingerprint density at radius 1 is 1.36 bits per heavy atom. The maximum Gasteiger partial charge on any atom is 0.310 e. The van der Waals surface area contributed by atoms with Crippen LogP contribution in [0.4, 0.5) is 0 Å². The molecule has 2 aromatic rings. The van der Waals surface area contributed by atoms with E-state index in [-0.39, 0.29) is 17.8 Å². The summed E-state index contributed by atoms with van der Waals surface area (Å²) in [5, 5.41) is 7.54. The molecule has 1 unspecified atom stereocenters. The van der Waals surface area contributed by atoms with Crippen molar-refractivity contribution in [2.45, 2.75) is 19.8 Å². The summed E-state index contributed by atoms with van der Waals surface area (Å²) in [7, 11) is 0. The number of ether oxygens (including phenoxy) is 1. The highest BCUT2D eigenvalue weighted by Crippen LogP contribution is 2.26. The van der Waals surface area contributed by atoms with E-state index in [1.54, 1.807) is 24.0 Å². The van der Waals surface area contributed by atoms with Crippen LogP contribution in [0.25, 0.3) is 11.3 Å². The lowest BCUT2D eigenvalue weighted by Crippen LogP contribution is -2.42. The molecule has 132 valence electrons. The maximum atomic E-state index is 12.9. The van der Waals surface area contributed by atoms with Crippen LogP contribution in [0.5, 0.6) is 0 Å². The summed E-state index contributed by atoms with van der Waals surface area (Å²) in [4.78, 5) is 26.6. The summed E-state index contributed by atoms with van der Waals surface area (Å²) >= 11 is 5.92. The third-order valence-corrected chi connectivity index (χ3v) is 4.58. The number of H-pyrrole nitrogens is 1. The van der Waals surface area contributed by atoms with E-state index >= 15 is 0 Å². The van der Waals surface area contributed by atoms with Gasteiger partial charge in [-0.25, -0.2) is 0 Å². The number of carbonyl (C=O) groups excluding carboxylic acids is 2. The van der Waals surface area contributed by atoms with Crippen LogP contribution in [0, 0.1) is 5.92 Å². The number of carbonyl (C=O) groups is 2. The van der Waals surface area contributed by atoms with Gasteiger partial charge in [-0.3, -0.25) is 14.7 Å². The number of likely N-dealkylation sites (tertiary alicyclic amines) is 1. The first-order valence-electron chi connectivity index (χ1n) is 8.35. The van der Waals surface area contributed by atoms with Gasteiger partial charge in [-0.1, -0.05) is 23.7 Å². The Hall–Kier alpha value is -2.34. The van der Waals surface area contributed by atoms with E-state index in [2.05, 4.69) is 10.2 Å². The first-order chi connectivity index (χ1) is 12.1. The third kappa shape index (κ3) is 3.85. The van der Waals surface area contributed by atoms with Gasteiger partial charge in [-0.05, 0) is 31.9 Å². The topological polar surface area (TPSA) is 75.3 Å². The predicted molar refractivity (Wildman–Crippen MR) is 94.3 cm³/mol. The zero-order valence-corrected chi connectivity index (χ0v) is 14.8. The molecule has 0 aliphatic carbocycles. The summed E-state index contributed by atoms with van der Waals surface area (Å²) in [6.07, 6.45) is 3.06. The molecule has 7 heteroatoms. The molecule has 25 heavy (non-hydrogen) atoms. The molecule has 0 bridgehead atoms. The summed E-state index contributed by atoms with van der Waals surface area (Å²) in [5.41, 5.74) is 1.98. The first-order valence-corrected chi connectivity index (χ1v) is 8.73. The van der Waals surface area contributed by atoms with Crippen LogP contribution in [-0.4, -0.2) is 46.7 Å². The van der Waals surface area contributed by atoms with Crippen LogP contribution < -0.4 is 0 Å². The van der Waals surface area contributed by atoms with Crippen LogP contribution in [0.3, 0.4) is 0 Å². The molecule has 0 saturated carbocycles. The number of aromatic nitrogens is 2. The number of benzene rings is 1. The maximum absolute atomic E-state index is 12.9. The number of hydrogen-bond acceptors (Lipinski definition) is 4. The van der Waals surface area contributed by atoms with E-state index in [1.807, 2.05) is 12.1 Å². The molecule has 1 aromatic heterocycles. The normalized spacial score (nSPS) is 17.4. The molecule has 2 heterocycles. The fourth-order valence-electron chi connectivity index (χ4n) is 3.07. The van der Waals surface area contributed by atoms with Crippen molar-refractivity contribution < 1.29 is 14.3 Å². The highest BCUT2D eigenvalue weighted by atomic mass is 35.5. The molecule has 1 N–H and O–H groups in total. The lowest BCUT2D eigenvalue weighted by atomic mass is 9.97. The van der Waals surface area contributed by atoms with E-state index in [0.717, 1.165) is 18.4 Å². The molecule has 1 atom stereocenters. The number of aromatic amines is 1. The second kappa shape index (κ2) is 7.70. The van der Waals surface area contributed by atoms with Gasteiger partial charge in [0.1, 0.15) is 0 Å². The Bertz CT molecular complexity index is 757. The van der Waals surface area contributed by atoms with E-state index in [4.69, 9.17) is 16.3 Å². The molecule has 1 saturated heterocycles. The molecule has 1 aromatic carbocycles. The molecule has 1 aliphatic heterocycles. The summed E-state index contributed by atoms with van der Waals surface area (Å²) in [6.45, 7) is 3.14. The highest BCUT2D eigenvalue weighted by Gasteiger charge is 2.31. The van der Waals surface area contributed by atoms with Crippen molar-refractivity contribution in [1.29, 1.82) is 0 Å². The lowest BCUT2D eigenvalue weighted by Gasteiger charge is -2.31. The summed E-state index contributed by atoms with van der Waals surface area (Å²) in [5.74, 6) is -0.624. The minimum atomic E-state index is -0.261. The molecule has 3 rings (SSSR count). The number of rotatable bonds is 4. The van der Waals surface area contributed by atoms with Crippen LogP contribution in [0.1, 0.15) is 30.1 Å². The summed E-state index contributed by atoms with van der Waals surface area (Å²) in [6, 6.07) is 7.21. The van der Waals surface area contributed by atoms with Crippen molar-refractivity contribution in [1.82, 2.24) is 15.1 Å². The fraction of sp³-hybridized carbons (Fsp3) is 0.389. The molecule has 1 fully saturated rings. The molecule has 0 radical (unpaired) electrons. The number of halogens is 1. The van der Waals surface area contributed by atoms with Gasteiger partial charge in [-0.15, -0.1) is 0 Å². The van der Waals surface area contributed by atoms with Gasteiger partial charge in [0.15, 0.2) is 0 Å². The second-order valence-corrected chi connectivity index (χ2v) is 6.44. The largest absolute Gasteiger partial charge is 0.466 e. The molecule has 6 nitrogen and oxygen atoms in total. The Kier molecular flexibility index (Phi) is 5.38. The Labute approximate surface area is 151 Å². The number of nitrogens with one attached hydrogen (secondary N) is 1. The van der Waals surface area contributed by atoms with Crippen molar-refractivity contribution in [2.75, 3.05) is 19.7 Å². The highest BCUT2D eigenvalue weighted by molar-refractivity contribution is 6.30. The van der Waals surface area contributed by atoms with Crippen molar-refractivity contribution in [3.05, 3.63) is 41.0 Å². The van der Waals surface area contributed by atoms with Gasteiger partial charge in [-0.2, -0.15) is 5.10 Å². The van der Waals surface area contributed by atoms with Gasteiger partial charge < -0.3 is 9.64 Å².